The van der Waals surface area contributed by atoms with Crippen molar-refractivity contribution in [2.45, 2.75) is 6.42 Å². The normalized spacial score (nSPS) is 15.2. The Morgan fingerprint density at radius 1 is 1.12 bits per heavy atom. The number of nitrogens with zero attached hydrogens (tertiary/aromatic N) is 3. The van der Waals surface area contributed by atoms with Gasteiger partial charge in [-0.3, -0.25) is 4.79 Å². The summed E-state index contributed by atoms with van der Waals surface area (Å²) in [6.07, 6.45) is 0.906. The van der Waals surface area contributed by atoms with Crippen molar-refractivity contribution in [3.8, 4) is 0 Å². The summed E-state index contributed by atoms with van der Waals surface area (Å²) >= 11 is 1.72. The molecule has 0 atom stereocenters. The van der Waals surface area contributed by atoms with Gasteiger partial charge in [-0.1, -0.05) is 24.3 Å². The molecule has 0 aliphatic carbocycles. The minimum atomic E-state index is 0.0284. The molecule has 0 radical (unpaired) electrons. The van der Waals surface area contributed by atoms with Crippen LogP contribution in [0.1, 0.15) is 4.88 Å². The predicted molar refractivity (Wildman–Crippen MR) is 108 cm³/mol. The van der Waals surface area contributed by atoms with Crippen molar-refractivity contribution in [1.29, 1.82) is 0 Å². The first-order valence-corrected chi connectivity index (χ1v) is 9.74. The van der Waals surface area contributed by atoms with E-state index in [4.69, 9.17) is 5.73 Å². The molecule has 1 saturated heterocycles. The first kappa shape index (κ1) is 18.3. The van der Waals surface area contributed by atoms with Gasteiger partial charge in [-0.25, -0.2) is 4.99 Å². The second kappa shape index (κ2) is 9.24. The highest BCUT2D eigenvalue weighted by Gasteiger charge is 2.20. The second-order valence-corrected chi connectivity index (χ2v) is 7.19. The van der Waals surface area contributed by atoms with Crippen LogP contribution in [0.25, 0.3) is 0 Å². The largest absolute Gasteiger partial charge is 0.370 e. The number of anilines is 1. The zero-order valence-electron chi connectivity index (χ0n) is 14.8. The van der Waals surface area contributed by atoms with E-state index in [9.17, 15) is 4.79 Å². The number of rotatable bonds is 6. The van der Waals surface area contributed by atoms with Gasteiger partial charge in [0, 0.05) is 43.3 Å². The SMILES string of the molecule is NC(=NCC(=O)N1CCN(c2ccccc2)CC1)NCCc1cccs1. The first-order chi connectivity index (χ1) is 12.7. The number of carbonyl (C=O) groups is 1. The number of nitrogens with one attached hydrogen (secondary N) is 1. The topological polar surface area (TPSA) is 74.0 Å². The van der Waals surface area contributed by atoms with Gasteiger partial charge in [0.15, 0.2) is 5.96 Å². The average Bonchev–Trinajstić information content (AvgIpc) is 3.20. The van der Waals surface area contributed by atoms with E-state index >= 15 is 0 Å². The van der Waals surface area contributed by atoms with Crippen LogP contribution in [0.4, 0.5) is 5.69 Å². The number of carbonyl (C=O) groups excluding carboxylic acids is 1. The standard InChI is InChI=1S/C19H25N5OS/c20-19(21-9-8-17-7-4-14-26-17)22-15-18(25)24-12-10-23(11-13-24)16-5-2-1-3-6-16/h1-7,14H,8-13,15H2,(H3,20,21,22). The molecule has 0 saturated carbocycles. The van der Waals surface area contributed by atoms with E-state index in [0.29, 0.717) is 5.96 Å². The summed E-state index contributed by atoms with van der Waals surface area (Å²) < 4.78 is 0. The van der Waals surface area contributed by atoms with Crippen molar-refractivity contribution in [1.82, 2.24) is 10.2 Å². The fraction of sp³-hybridized carbons (Fsp3) is 0.368. The Morgan fingerprint density at radius 2 is 1.88 bits per heavy atom. The number of hydrogen-bond acceptors (Lipinski definition) is 4. The molecule has 138 valence electrons. The van der Waals surface area contributed by atoms with Crippen LogP contribution in [0.2, 0.25) is 0 Å². The number of thiophene rings is 1. The molecule has 3 rings (SSSR count). The average molecular weight is 372 g/mol. The Labute approximate surface area is 158 Å². The summed E-state index contributed by atoms with van der Waals surface area (Å²) in [6.45, 7) is 3.94. The Kier molecular flexibility index (Phi) is 6.49. The first-order valence-electron chi connectivity index (χ1n) is 8.86. The monoisotopic (exact) mass is 371 g/mol. The third-order valence-corrected chi connectivity index (χ3v) is 5.33. The summed E-state index contributed by atoms with van der Waals surface area (Å²) in [5.74, 6) is 0.360. The summed E-state index contributed by atoms with van der Waals surface area (Å²) in [5, 5.41) is 5.12. The quantitative estimate of drug-likeness (QED) is 0.597. The lowest BCUT2D eigenvalue weighted by molar-refractivity contribution is -0.129. The lowest BCUT2D eigenvalue weighted by atomic mass is 10.2. The van der Waals surface area contributed by atoms with Gasteiger partial charge in [-0.2, -0.15) is 0 Å². The van der Waals surface area contributed by atoms with Gasteiger partial charge in [-0.05, 0) is 30.0 Å². The van der Waals surface area contributed by atoms with Crippen LogP contribution in [-0.2, 0) is 11.2 Å². The summed E-state index contributed by atoms with van der Waals surface area (Å²) in [7, 11) is 0. The molecule has 1 fully saturated rings. The van der Waals surface area contributed by atoms with Gasteiger partial charge in [0.05, 0.1) is 0 Å². The van der Waals surface area contributed by atoms with Crippen molar-refractivity contribution >= 4 is 28.9 Å². The molecule has 0 spiro atoms. The number of hydrogen-bond donors (Lipinski definition) is 2. The van der Waals surface area contributed by atoms with E-state index in [1.807, 2.05) is 29.2 Å². The molecule has 0 unspecified atom stereocenters. The van der Waals surface area contributed by atoms with Gasteiger partial charge < -0.3 is 20.9 Å². The molecule has 0 bridgehead atoms. The van der Waals surface area contributed by atoms with E-state index in [1.54, 1.807) is 11.3 Å². The van der Waals surface area contributed by atoms with Crippen LogP contribution in [0, 0.1) is 0 Å². The fourth-order valence-corrected chi connectivity index (χ4v) is 3.64. The van der Waals surface area contributed by atoms with Crippen molar-refractivity contribution < 1.29 is 4.79 Å². The zero-order chi connectivity index (χ0) is 18.2. The fourth-order valence-electron chi connectivity index (χ4n) is 2.93. The maximum absolute atomic E-state index is 12.3. The molecule has 6 nitrogen and oxygen atoms in total. The van der Waals surface area contributed by atoms with E-state index < -0.39 is 0 Å². The molecule has 2 aromatic rings. The van der Waals surface area contributed by atoms with E-state index in [-0.39, 0.29) is 12.5 Å². The van der Waals surface area contributed by atoms with E-state index in [2.05, 4.69) is 38.8 Å². The van der Waals surface area contributed by atoms with Crippen LogP contribution in [0.15, 0.2) is 52.8 Å². The van der Waals surface area contributed by atoms with Crippen molar-refractivity contribution in [2.75, 3.05) is 44.2 Å². The number of benzene rings is 1. The third-order valence-electron chi connectivity index (χ3n) is 4.40. The molecule has 26 heavy (non-hydrogen) atoms. The summed E-state index contributed by atoms with van der Waals surface area (Å²) in [4.78, 5) is 22.0. The predicted octanol–water partition coefficient (Wildman–Crippen LogP) is 1.54. The Bertz CT molecular complexity index is 709. The van der Waals surface area contributed by atoms with Crippen LogP contribution in [-0.4, -0.2) is 56.0 Å². The van der Waals surface area contributed by atoms with Gasteiger partial charge in [0.2, 0.25) is 5.91 Å². The highest BCUT2D eigenvalue weighted by Crippen LogP contribution is 2.15. The van der Waals surface area contributed by atoms with E-state index in [0.717, 1.165) is 39.1 Å². The minimum absolute atomic E-state index is 0.0284. The van der Waals surface area contributed by atoms with Crippen molar-refractivity contribution in [3.05, 3.63) is 52.7 Å². The van der Waals surface area contributed by atoms with Gasteiger partial charge in [-0.15, -0.1) is 11.3 Å². The highest BCUT2D eigenvalue weighted by molar-refractivity contribution is 7.09. The molecular formula is C19H25N5OS. The van der Waals surface area contributed by atoms with Crippen LogP contribution in [0.5, 0.6) is 0 Å². The maximum atomic E-state index is 12.3. The lowest BCUT2D eigenvalue weighted by Gasteiger charge is -2.35. The molecule has 1 aromatic heterocycles. The molecule has 7 heteroatoms. The number of piperazine rings is 1. The maximum Gasteiger partial charge on any atom is 0.244 e. The Morgan fingerprint density at radius 3 is 2.58 bits per heavy atom. The number of amides is 1. The smallest absolute Gasteiger partial charge is 0.244 e. The number of nitrogens with two attached hydrogens (primary N) is 1. The van der Waals surface area contributed by atoms with Crippen LogP contribution >= 0.6 is 11.3 Å². The van der Waals surface area contributed by atoms with Crippen LogP contribution in [0.3, 0.4) is 0 Å². The minimum Gasteiger partial charge on any atom is -0.370 e. The number of aliphatic imine (C=N–C) groups is 1. The van der Waals surface area contributed by atoms with Crippen molar-refractivity contribution in [3.63, 3.8) is 0 Å². The molecule has 1 aliphatic rings. The molecule has 3 N–H and O–H groups in total. The number of guanidine groups is 1. The molecule has 1 aromatic carbocycles. The summed E-state index contributed by atoms with van der Waals surface area (Å²) in [5.41, 5.74) is 7.06. The van der Waals surface area contributed by atoms with Gasteiger partial charge in [0.1, 0.15) is 6.54 Å². The third kappa shape index (κ3) is 5.23. The second-order valence-electron chi connectivity index (χ2n) is 6.16. The lowest BCUT2D eigenvalue weighted by Crippen LogP contribution is -2.49. The van der Waals surface area contributed by atoms with Gasteiger partial charge in [0.25, 0.3) is 0 Å². The molecular weight excluding hydrogens is 346 g/mol. The zero-order valence-corrected chi connectivity index (χ0v) is 15.6. The van der Waals surface area contributed by atoms with Crippen molar-refractivity contribution in [2.24, 2.45) is 10.7 Å². The molecule has 1 aliphatic heterocycles. The number of para-hydroxylation sites is 1. The Balaban J connectivity index is 1.38. The van der Waals surface area contributed by atoms with Gasteiger partial charge >= 0.3 is 0 Å². The summed E-state index contributed by atoms with van der Waals surface area (Å²) in [6, 6.07) is 14.4. The highest BCUT2D eigenvalue weighted by atomic mass is 32.1. The molecule has 1 amide bonds. The van der Waals surface area contributed by atoms with Crippen LogP contribution < -0.4 is 16.0 Å². The molecule has 2 heterocycles. The Hall–Kier alpha value is -2.54. The van der Waals surface area contributed by atoms with E-state index in [1.165, 1.54) is 10.6 Å².